The van der Waals surface area contributed by atoms with Crippen LogP contribution >= 0.6 is 11.6 Å². The second kappa shape index (κ2) is 5.59. The third-order valence-corrected chi connectivity index (χ3v) is 4.53. The van der Waals surface area contributed by atoms with Crippen LogP contribution in [0.2, 0.25) is 5.02 Å². The molecule has 0 radical (unpaired) electrons. The van der Waals surface area contributed by atoms with Crippen LogP contribution in [-0.4, -0.2) is 19.0 Å². The quantitative estimate of drug-likeness (QED) is 0.792. The van der Waals surface area contributed by atoms with Gasteiger partial charge in [-0.1, -0.05) is 48.0 Å². The Morgan fingerprint density at radius 3 is 2.50 bits per heavy atom. The Kier molecular flexibility index (Phi) is 3.82. The average Bonchev–Trinajstić information content (AvgIpc) is 2.78. The first-order valence-electron chi connectivity index (χ1n) is 7.15. The molecular formula is C18H20ClN. The SMILES string of the molecule is CN(C)[C@@H]1C[C@@H](Cc2cccc(Cl)c2)c2ccccc21. The summed E-state index contributed by atoms with van der Waals surface area (Å²) in [5.74, 6) is 0.595. The first-order valence-corrected chi connectivity index (χ1v) is 7.52. The van der Waals surface area contributed by atoms with E-state index in [9.17, 15) is 0 Å². The monoisotopic (exact) mass is 285 g/mol. The summed E-state index contributed by atoms with van der Waals surface area (Å²) in [7, 11) is 4.34. The lowest BCUT2D eigenvalue weighted by Gasteiger charge is -2.20. The van der Waals surface area contributed by atoms with E-state index >= 15 is 0 Å². The van der Waals surface area contributed by atoms with Crippen molar-refractivity contribution < 1.29 is 0 Å². The zero-order valence-electron chi connectivity index (χ0n) is 12.0. The number of rotatable bonds is 3. The fraction of sp³-hybridized carbons (Fsp3) is 0.333. The maximum atomic E-state index is 6.10. The van der Waals surface area contributed by atoms with Gasteiger partial charge in [-0.25, -0.2) is 0 Å². The first-order chi connectivity index (χ1) is 9.65. The van der Waals surface area contributed by atoms with Gasteiger partial charge < -0.3 is 4.90 Å². The molecule has 2 aromatic rings. The van der Waals surface area contributed by atoms with Crippen molar-refractivity contribution in [3.05, 3.63) is 70.2 Å². The molecule has 0 saturated carbocycles. The van der Waals surface area contributed by atoms with Gasteiger partial charge >= 0.3 is 0 Å². The van der Waals surface area contributed by atoms with E-state index in [-0.39, 0.29) is 0 Å². The van der Waals surface area contributed by atoms with E-state index < -0.39 is 0 Å². The second-order valence-electron chi connectivity index (χ2n) is 5.87. The highest BCUT2D eigenvalue weighted by atomic mass is 35.5. The largest absolute Gasteiger partial charge is 0.302 e. The van der Waals surface area contributed by atoms with Gasteiger partial charge in [0.2, 0.25) is 0 Å². The van der Waals surface area contributed by atoms with Gasteiger partial charge in [-0.3, -0.25) is 0 Å². The summed E-state index contributed by atoms with van der Waals surface area (Å²) >= 11 is 6.10. The molecule has 0 bridgehead atoms. The highest BCUT2D eigenvalue weighted by Crippen LogP contribution is 2.44. The van der Waals surface area contributed by atoms with Gasteiger partial charge in [-0.15, -0.1) is 0 Å². The maximum Gasteiger partial charge on any atom is 0.0408 e. The second-order valence-corrected chi connectivity index (χ2v) is 6.31. The van der Waals surface area contributed by atoms with E-state index in [0.717, 1.165) is 11.4 Å². The lowest BCUT2D eigenvalue weighted by Crippen LogP contribution is -2.17. The van der Waals surface area contributed by atoms with Crippen LogP contribution < -0.4 is 0 Å². The Hall–Kier alpha value is -1.31. The molecule has 0 fully saturated rings. The molecule has 3 rings (SSSR count). The van der Waals surface area contributed by atoms with Crippen molar-refractivity contribution in [3.8, 4) is 0 Å². The summed E-state index contributed by atoms with van der Waals surface area (Å²) in [6.07, 6.45) is 2.26. The minimum Gasteiger partial charge on any atom is -0.302 e. The Morgan fingerprint density at radius 2 is 1.80 bits per heavy atom. The fourth-order valence-electron chi connectivity index (χ4n) is 3.34. The van der Waals surface area contributed by atoms with E-state index in [1.165, 1.54) is 23.1 Å². The smallest absolute Gasteiger partial charge is 0.0408 e. The summed E-state index contributed by atoms with van der Waals surface area (Å²) in [6.45, 7) is 0. The minimum absolute atomic E-state index is 0.537. The van der Waals surface area contributed by atoms with Gasteiger partial charge in [0.25, 0.3) is 0 Å². The molecule has 1 nitrogen and oxygen atoms in total. The standard InChI is InChI=1S/C18H20ClN/c1-20(2)18-12-14(16-8-3-4-9-17(16)18)10-13-6-5-7-15(19)11-13/h3-9,11,14,18H,10,12H2,1-2H3/t14-,18-/m1/s1. The van der Waals surface area contributed by atoms with Crippen LogP contribution in [0, 0.1) is 0 Å². The van der Waals surface area contributed by atoms with E-state index in [4.69, 9.17) is 11.6 Å². The first kappa shape index (κ1) is 13.7. The van der Waals surface area contributed by atoms with Crippen molar-refractivity contribution in [2.45, 2.75) is 24.8 Å². The zero-order valence-corrected chi connectivity index (χ0v) is 12.8. The molecule has 0 N–H and O–H groups in total. The van der Waals surface area contributed by atoms with Crippen molar-refractivity contribution in [3.63, 3.8) is 0 Å². The summed E-state index contributed by atoms with van der Waals surface area (Å²) in [6, 6.07) is 17.7. The average molecular weight is 286 g/mol. The lowest BCUT2D eigenvalue weighted by molar-refractivity contribution is 0.288. The predicted octanol–water partition coefficient (Wildman–Crippen LogP) is 4.67. The fourth-order valence-corrected chi connectivity index (χ4v) is 3.55. The van der Waals surface area contributed by atoms with Crippen molar-refractivity contribution in [2.24, 2.45) is 0 Å². The summed E-state index contributed by atoms with van der Waals surface area (Å²) < 4.78 is 0. The molecule has 1 aliphatic carbocycles. The molecule has 0 aliphatic heterocycles. The lowest BCUT2D eigenvalue weighted by atomic mass is 9.93. The maximum absolute atomic E-state index is 6.10. The van der Waals surface area contributed by atoms with Crippen molar-refractivity contribution in [1.82, 2.24) is 4.90 Å². The van der Waals surface area contributed by atoms with Crippen LogP contribution in [0.25, 0.3) is 0 Å². The molecule has 0 amide bonds. The molecule has 0 heterocycles. The normalized spacial score (nSPS) is 21.2. The highest BCUT2D eigenvalue weighted by molar-refractivity contribution is 6.30. The molecule has 0 aromatic heterocycles. The molecule has 20 heavy (non-hydrogen) atoms. The van der Waals surface area contributed by atoms with Gasteiger partial charge in [0.1, 0.15) is 0 Å². The van der Waals surface area contributed by atoms with Gasteiger partial charge in [0.15, 0.2) is 0 Å². The zero-order chi connectivity index (χ0) is 14.1. The molecular weight excluding hydrogens is 266 g/mol. The van der Waals surface area contributed by atoms with Crippen LogP contribution in [0.1, 0.15) is 35.1 Å². The number of hydrogen-bond donors (Lipinski definition) is 0. The van der Waals surface area contributed by atoms with Crippen molar-refractivity contribution in [1.29, 1.82) is 0 Å². The Morgan fingerprint density at radius 1 is 1.05 bits per heavy atom. The molecule has 2 aromatic carbocycles. The van der Waals surface area contributed by atoms with E-state index in [2.05, 4.69) is 55.4 Å². The van der Waals surface area contributed by atoms with Crippen LogP contribution in [0.15, 0.2) is 48.5 Å². The topological polar surface area (TPSA) is 3.24 Å². The summed E-state index contributed by atoms with van der Waals surface area (Å²) in [4.78, 5) is 2.33. The molecule has 2 heteroatoms. The highest BCUT2D eigenvalue weighted by Gasteiger charge is 2.31. The third kappa shape index (κ3) is 2.61. The summed E-state index contributed by atoms with van der Waals surface area (Å²) in [5.41, 5.74) is 4.33. The van der Waals surface area contributed by atoms with Gasteiger partial charge in [-0.05, 0) is 61.7 Å². The molecule has 0 saturated heterocycles. The number of fused-ring (bicyclic) bond motifs is 1. The number of hydrogen-bond acceptors (Lipinski definition) is 1. The van der Waals surface area contributed by atoms with Gasteiger partial charge in [-0.2, -0.15) is 0 Å². The van der Waals surface area contributed by atoms with Crippen molar-refractivity contribution >= 4 is 11.6 Å². The number of nitrogens with zero attached hydrogens (tertiary/aromatic N) is 1. The molecule has 0 spiro atoms. The summed E-state index contributed by atoms with van der Waals surface area (Å²) in [5, 5.41) is 0.831. The Bertz CT molecular complexity index is 606. The third-order valence-electron chi connectivity index (χ3n) is 4.30. The van der Waals surface area contributed by atoms with Gasteiger partial charge in [0, 0.05) is 11.1 Å². The van der Waals surface area contributed by atoms with Crippen LogP contribution in [0.5, 0.6) is 0 Å². The van der Waals surface area contributed by atoms with Crippen molar-refractivity contribution in [2.75, 3.05) is 14.1 Å². The van der Waals surface area contributed by atoms with Crippen LogP contribution in [-0.2, 0) is 6.42 Å². The van der Waals surface area contributed by atoms with Gasteiger partial charge in [0.05, 0.1) is 0 Å². The molecule has 0 unspecified atom stereocenters. The van der Waals surface area contributed by atoms with Crippen LogP contribution in [0.3, 0.4) is 0 Å². The Balaban J connectivity index is 1.88. The molecule has 2 atom stereocenters. The van der Waals surface area contributed by atoms with E-state index in [1.807, 2.05) is 12.1 Å². The molecule has 104 valence electrons. The predicted molar refractivity (Wildman–Crippen MR) is 85.4 cm³/mol. The minimum atomic E-state index is 0.537. The van der Waals surface area contributed by atoms with Crippen LogP contribution in [0.4, 0.5) is 0 Å². The van der Waals surface area contributed by atoms with E-state index in [1.54, 1.807) is 0 Å². The number of halogens is 1. The van der Waals surface area contributed by atoms with E-state index in [0.29, 0.717) is 12.0 Å². The number of benzene rings is 2. The molecule has 1 aliphatic rings. The Labute approximate surface area is 126 Å².